The fraction of sp³-hybridized carbons (Fsp3) is 0.0182. The van der Waals surface area contributed by atoms with Crippen LogP contribution in [0.1, 0.15) is 4.11 Å². The van der Waals surface area contributed by atoms with Gasteiger partial charge in [0.15, 0.2) is 17.4 Å². The summed E-state index contributed by atoms with van der Waals surface area (Å²) in [4.78, 5) is 7.35. The van der Waals surface area contributed by atoms with Crippen molar-refractivity contribution in [2.24, 2.45) is 6.98 Å². The standard InChI is InChI=1S/C55H40N5/c1-57-38-58(52-30-14-13-29-51(52)57)43-23-15-24-44(36-43)59(55-46(40-19-7-3-8-20-40)26-16-27-47(55)41-21-9-4-10-22-41)45-31-32-49-48-25-11-12-28-50(48)60(53(49)37-45)54-35-42(33-34-56-54)39-17-5-2-6-18-39/h2-38H,1H3/q+1/i1D3. The van der Waals surface area contributed by atoms with Crippen LogP contribution in [0.5, 0.6) is 0 Å². The number of para-hydroxylation sites is 4. The highest BCUT2D eigenvalue weighted by atomic mass is 15.2. The number of aryl methyl sites for hydroxylation is 1. The molecule has 0 N–H and O–H groups in total. The SMILES string of the molecule is [2H]C([2H])([2H])n1[cH+]n(-c2cccc(N(c3ccc4c5ccccc5n(-c5cc(-c6ccccc6)ccn5)c4c3)c3c(-c4ccccc4)cccc3-c3ccccc3)c2)c2ccccc21. The molecule has 284 valence electrons. The summed E-state index contributed by atoms with van der Waals surface area (Å²) in [7, 11) is 0. The summed E-state index contributed by atoms with van der Waals surface area (Å²) in [6, 6.07) is 73.5. The highest BCUT2D eigenvalue weighted by Crippen LogP contribution is 2.48. The lowest BCUT2D eigenvalue weighted by Gasteiger charge is -2.30. The van der Waals surface area contributed by atoms with Gasteiger partial charge in [0.25, 0.3) is 0 Å². The van der Waals surface area contributed by atoms with E-state index in [1.807, 2.05) is 65.4 Å². The first kappa shape index (κ1) is 32.0. The number of hydrogen-bond acceptors (Lipinski definition) is 2. The Hall–Kier alpha value is -8.02. The maximum Gasteiger partial charge on any atom is 0.191 e. The second-order valence-corrected chi connectivity index (χ2v) is 15.0. The maximum atomic E-state index is 8.39. The number of anilines is 3. The van der Waals surface area contributed by atoms with Gasteiger partial charge in [-0.05, 0) is 76.9 Å². The summed E-state index contributed by atoms with van der Waals surface area (Å²) in [6.07, 6.45) is 3.58. The quantitative estimate of drug-likeness (QED) is 0.144. The maximum absolute atomic E-state index is 8.39. The Balaban J connectivity index is 1.20. The fourth-order valence-corrected chi connectivity index (χ4v) is 8.69. The molecule has 3 heterocycles. The van der Waals surface area contributed by atoms with Crippen LogP contribution in [0.2, 0.25) is 0 Å². The van der Waals surface area contributed by atoms with Crippen LogP contribution in [-0.2, 0) is 6.98 Å². The molecule has 0 saturated carbocycles. The Bertz CT molecular complexity index is 3390. The topological polar surface area (TPSA) is 30.9 Å². The zero-order valence-electron chi connectivity index (χ0n) is 35.6. The van der Waals surface area contributed by atoms with E-state index in [0.717, 1.165) is 89.3 Å². The number of fused-ring (bicyclic) bond motifs is 4. The molecule has 5 nitrogen and oxygen atoms in total. The summed E-state index contributed by atoms with van der Waals surface area (Å²) in [5, 5.41) is 2.25. The monoisotopic (exact) mass is 773 g/mol. The van der Waals surface area contributed by atoms with Gasteiger partial charge >= 0.3 is 0 Å². The largest absolute Gasteiger partial charge is 0.308 e. The molecule has 11 rings (SSSR count). The van der Waals surface area contributed by atoms with Crippen molar-refractivity contribution < 1.29 is 4.11 Å². The first-order valence-corrected chi connectivity index (χ1v) is 20.1. The molecule has 0 unspecified atom stereocenters. The van der Waals surface area contributed by atoms with E-state index in [1.165, 1.54) is 4.57 Å². The molecule has 0 aliphatic heterocycles. The Kier molecular flexibility index (Phi) is 7.85. The van der Waals surface area contributed by atoms with Crippen LogP contribution >= 0.6 is 0 Å². The van der Waals surface area contributed by atoms with Gasteiger partial charge in [0.2, 0.25) is 0 Å². The van der Waals surface area contributed by atoms with E-state index in [-0.39, 0.29) is 0 Å². The molecule has 0 saturated heterocycles. The van der Waals surface area contributed by atoms with E-state index >= 15 is 0 Å². The molecule has 60 heavy (non-hydrogen) atoms. The van der Waals surface area contributed by atoms with Crippen molar-refractivity contribution in [3.8, 4) is 44.9 Å². The van der Waals surface area contributed by atoms with Crippen molar-refractivity contribution in [3.63, 3.8) is 0 Å². The molecule has 3 aromatic heterocycles. The lowest BCUT2D eigenvalue weighted by molar-refractivity contribution is 0.911. The Morgan fingerprint density at radius 3 is 1.78 bits per heavy atom. The fourth-order valence-electron chi connectivity index (χ4n) is 8.69. The first-order chi connectivity index (χ1) is 30.9. The van der Waals surface area contributed by atoms with Gasteiger partial charge < -0.3 is 4.90 Å². The number of hydrogen-bond donors (Lipinski definition) is 0. The van der Waals surface area contributed by atoms with Crippen molar-refractivity contribution in [3.05, 3.63) is 225 Å². The number of imidazole rings is 1. The first-order valence-electron chi connectivity index (χ1n) is 21.6. The van der Waals surface area contributed by atoms with Crippen LogP contribution in [-0.4, -0.2) is 18.7 Å². The van der Waals surface area contributed by atoms with Crippen molar-refractivity contribution in [1.29, 1.82) is 0 Å². The average molecular weight is 774 g/mol. The molecule has 0 spiro atoms. The number of pyridine rings is 1. The lowest BCUT2D eigenvalue weighted by Crippen LogP contribution is -2.13. The molecule has 11 aromatic rings. The van der Waals surface area contributed by atoms with Gasteiger partial charge in [0.1, 0.15) is 11.5 Å². The number of rotatable bonds is 8. The smallest absolute Gasteiger partial charge is 0.191 e. The molecule has 0 aliphatic rings. The van der Waals surface area contributed by atoms with Crippen molar-refractivity contribution in [2.45, 2.75) is 0 Å². The van der Waals surface area contributed by atoms with E-state index in [0.29, 0.717) is 5.52 Å². The van der Waals surface area contributed by atoms with Crippen LogP contribution < -0.4 is 4.90 Å². The zero-order chi connectivity index (χ0) is 42.5. The van der Waals surface area contributed by atoms with Gasteiger partial charge in [0.05, 0.1) is 22.4 Å². The number of aromatic nitrogens is 4. The van der Waals surface area contributed by atoms with Crippen molar-refractivity contribution in [1.82, 2.24) is 18.7 Å². The van der Waals surface area contributed by atoms with Crippen LogP contribution in [0.3, 0.4) is 0 Å². The molecular formula is C55H40N5+. The summed E-state index contributed by atoms with van der Waals surface area (Å²) < 4.78 is 30.8. The van der Waals surface area contributed by atoms with Crippen molar-refractivity contribution in [2.75, 3.05) is 4.90 Å². The van der Waals surface area contributed by atoms with Crippen LogP contribution in [0, 0.1) is 0 Å². The number of benzene rings is 8. The minimum absolute atomic E-state index is 0.628. The van der Waals surface area contributed by atoms with Gasteiger partial charge in [-0.25, -0.2) is 9.55 Å². The molecule has 0 atom stereocenters. The van der Waals surface area contributed by atoms with Crippen LogP contribution in [0.15, 0.2) is 225 Å². The second kappa shape index (κ2) is 14.7. The lowest BCUT2D eigenvalue weighted by atomic mass is 9.94. The minimum Gasteiger partial charge on any atom is -0.308 e. The highest BCUT2D eigenvalue weighted by molar-refractivity contribution is 6.11. The molecule has 0 radical (unpaired) electrons. The summed E-state index contributed by atoms with van der Waals surface area (Å²) in [6.45, 7) is -2.36. The third kappa shape index (κ3) is 6.03. The minimum atomic E-state index is -2.36. The molecule has 0 aliphatic carbocycles. The predicted molar refractivity (Wildman–Crippen MR) is 250 cm³/mol. The van der Waals surface area contributed by atoms with Gasteiger partial charge in [-0.1, -0.05) is 133 Å². The summed E-state index contributed by atoms with van der Waals surface area (Å²) in [5.74, 6) is 0.824. The Morgan fingerprint density at radius 1 is 0.467 bits per heavy atom. The Labute approximate surface area is 353 Å². The number of nitrogens with zero attached hydrogens (tertiary/aromatic N) is 5. The van der Waals surface area contributed by atoms with Gasteiger partial charge in [-0.15, -0.1) is 0 Å². The van der Waals surface area contributed by atoms with Crippen LogP contribution in [0.4, 0.5) is 17.1 Å². The summed E-state index contributed by atoms with van der Waals surface area (Å²) >= 11 is 0. The van der Waals surface area contributed by atoms with Crippen molar-refractivity contribution >= 4 is 49.9 Å². The molecule has 8 aromatic carbocycles. The second-order valence-electron chi connectivity index (χ2n) is 15.0. The molecule has 0 amide bonds. The molecule has 5 heteroatoms. The van der Waals surface area contributed by atoms with E-state index in [2.05, 4.69) is 167 Å². The van der Waals surface area contributed by atoms with Gasteiger partial charge in [-0.3, -0.25) is 4.57 Å². The summed E-state index contributed by atoms with van der Waals surface area (Å²) in [5.41, 5.74) is 13.7. The van der Waals surface area contributed by atoms with Crippen LogP contribution in [0.25, 0.3) is 77.7 Å². The normalized spacial score (nSPS) is 12.4. The molecule has 0 bridgehead atoms. The van der Waals surface area contributed by atoms with E-state index < -0.39 is 6.98 Å². The van der Waals surface area contributed by atoms with Gasteiger partial charge in [0, 0.05) is 69.1 Å². The Morgan fingerprint density at radius 2 is 1.07 bits per heavy atom. The third-order valence-corrected chi connectivity index (χ3v) is 11.4. The van der Waals surface area contributed by atoms with E-state index in [1.54, 1.807) is 6.33 Å². The third-order valence-electron chi connectivity index (χ3n) is 11.4. The van der Waals surface area contributed by atoms with Gasteiger partial charge in [-0.2, -0.15) is 4.57 Å². The highest BCUT2D eigenvalue weighted by Gasteiger charge is 2.25. The van der Waals surface area contributed by atoms with E-state index in [4.69, 9.17) is 9.10 Å². The zero-order valence-corrected chi connectivity index (χ0v) is 32.6. The molecular weight excluding hydrogens is 731 g/mol. The molecule has 0 fully saturated rings. The van der Waals surface area contributed by atoms with E-state index in [9.17, 15) is 0 Å². The average Bonchev–Trinajstić information content (AvgIpc) is 3.90. The predicted octanol–water partition coefficient (Wildman–Crippen LogP) is 14.2.